The molecule has 1 aliphatic heterocycles. The van der Waals surface area contributed by atoms with Gasteiger partial charge in [0.2, 0.25) is 0 Å². The summed E-state index contributed by atoms with van der Waals surface area (Å²) < 4.78 is 1.43. The van der Waals surface area contributed by atoms with Crippen LogP contribution in [0.5, 0.6) is 0 Å². The van der Waals surface area contributed by atoms with Gasteiger partial charge in [-0.1, -0.05) is 12.1 Å². The summed E-state index contributed by atoms with van der Waals surface area (Å²) in [6.07, 6.45) is 1.98. The number of aromatic nitrogens is 2. The third-order valence-electron chi connectivity index (χ3n) is 3.46. The van der Waals surface area contributed by atoms with E-state index in [9.17, 15) is 19.7 Å². The second-order valence-corrected chi connectivity index (χ2v) is 4.86. The molecule has 0 aliphatic carbocycles. The van der Waals surface area contributed by atoms with Crippen molar-refractivity contribution in [2.45, 2.75) is 13.0 Å². The van der Waals surface area contributed by atoms with Gasteiger partial charge < -0.3 is 10.1 Å². The smallest absolute Gasteiger partial charge is 0.358 e. The Morgan fingerprint density at radius 1 is 1.05 bits per heavy atom. The first-order chi connectivity index (χ1) is 10.6. The molecular formula is C14H12N4O4. The average Bonchev–Trinajstić information content (AvgIpc) is 3.07. The number of rotatable bonds is 5. The molecule has 8 heteroatoms. The highest BCUT2D eigenvalue weighted by molar-refractivity contribution is 6.21. The van der Waals surface area contributed by atoms with Gasteiger partial charge in [0, 0.05) is 6.54 Å². The van der Waals surface area contributed by atoms with E-state index in [4.69, 9.17) is 0 Å². The zero-order chi connectivity index (χ0) is 15.7. The molecule has 22 heavy (non-hydrogen) atoms. The van der Waals surface area contributed by atoms with E-state index < -0.39 is 4.92 Å². The highest BCUT2D eigenvalue weighted by Gasteiger charge is 2.34. The molecule has 1 aromatic heterocycles. The Kier molecular flexibility index (Phi) is 3.42. The summed E-state index contributed by atoms with van der Waals surface area (Å²) in [4.78, 5) is 35.4. The monoisotopic (exact) mass is 300 g/mol. The van der Waals surface area contributed by atoms with Crippen molar-refractivity contribution in [2.24, 2.45) is 0 Å². The van der Waals surface area contributed by atoms with E-state index in [-0.39, 0.29) is 24.2 Å². The van der Waals surface area contributed by atoms with Crippen LogP contribution in [0.3, 0.4) is 0 Å². The molecule has 0 atom stereocenters. The summed E-state index contributed by atoms with van der Waals surface area (Å²) >= 11 is 0. The number of hydrogen-bond donors (Lipinski definition) is 0. The van der Waals surface area contributed by atoms with Crippen LogP contribution in [-0.4, -0.2) is 38.0 Å². The van der Waals surface area contributed by atoms with Crippen molar-refractivity contribution in [1.29, 1.82) is 0 Å². The Labute approximate surface area is 125 Å². The topological polar surface area (TPSA) is 98.3 Å². The Balaban J connectivity index is 1.62. The highest BCUT2D eigenvalue weighted by Crippen LogP contribution is 2.22. The number of nitrogens with zero attached hydrogens (tertiary/aromatic N) is 4. The number of amides is 2. The summed E-state index contributed by atoms with van der Waals surface area (Å²) in [5, 5.41) is 14.3. The number of carbonyl (C=O) groups excluding carboxylic acids is 2. The predicted octanol–water partition coefficient (Wildman–Crippen LogP) is 1.48. The molecule has 0 saturated carbocycles. The lowest BCUT2D eigenvalue weighted by Crippen LogP contribution is -2.31. The Hall–Kier alpha value is -3.03. The minimum atomic E-state index is -0.569. The van der Waals surface area contributed by atoms with Gasteiger partial charge in [-0.2, -0.15) is 4.68 Å². The third-order valence-corrected chi connectivity index (χ3v) is 3.46. The molecule has 0 N–H and O–H groups in total. The van der Waals surface area contributed by atoms with Crippen molar-refractivity contribution < 1.29 is 14.5 Å². The van der Waals surface area contributed by atoms with Crippen molar-refractivity contribution in [3.05, 3.63) is 57.8 Å². The maximum Gasteiger partial charge on any atom is 0.389 e. The maximum atomic E-state index is 12.1. The SMILES string of the molecule is O=C1c2ccccc2C(=O)N1CCCn1ccc([N+](=O)[O-])n1. The molecule has 2 amide bonds. The van der Waals surface area contributed by atoms with Crippen molar-refractivity contribution >= 4 is 17.6 Å². The second-order valence-electron chi connectivity index (χ2n) is 4.86. The van der Waals surface area contributed by atoms with Gasteiger partial charge in [0.25, 0.3) is 11.8 Å². The van der Waals surface area contributed by atoms with Crippen LogP contribution in [0.2, 0.25) is 0 Å². The van der Waals surface area contributed by atoms with E-state index in [2.05, 4.69) is 5.10 Å². The summed E-state index contributed by atoms with van der Waals surface area (Å²) in [7, 11) is 0. The fourth-order valence-corrected chi connectivity index (χ4v) is 2.41. The summed E-state index contributed by atoms with van der Waals surface area (Å²) in [5.41, 5.74) is 0.837. The van der Waals surface area contributed by atoms with E-state index in [0.717, 1.165) is 0 Å². The number of nitro groups is 1. The van der Waals surface area contributed by atoms with Gasteiger partial charge in [0.1, 0.15) is 0 Å². The van der Waals surface area contributed by atoms with Gasteiger partial charge in [-0.05, 0) is 23.5 Å². The molecular weight excluding hydrogens is 288 g/mol. The van der Waals surface area contributed by atoms with Crippen LogP contribution < -0.4 is 0 Å². The molecule has 8 nitrogen and oxygen atoms in total. The molecule has 0 radical (unpaired) electrons. The number of benzene rings is 1. The third kappa shape index (κ3) is 2.34. The molecule has 0 fully saturated rings. The van der Waals surface area contributed by atoms with Crippen LogP contribution in [0.4, 0.5) is 5.82 Å². The van der Waals surface area contributed by atoms with Crippen LogP contribution in [-0.2, 0) is 6.54 Å². The fourth-order valence-electron chi connectivity index (χ4n) is 2.41. The second kappa shape index (κ2) is 5.40. The van der Waals surface area contributed by atoms with E-state index in [1.165, 1.54) is 21.8 Å². The molecule has 2 heterocycles. The fraction of sp³-hybridized carbons (Fsp3) is 0.214. The van der Waals surface area contributed by atoms with Crippen LogP contribution in [0.15, 0.2) is 36.5 Å². The number of hydrogen-bond acceptors (Lipinski definition) is 5. The van der Waals surface area contributed by atoms with Gasteiger partial charge in [-0.3, -0.25) is 14.5 Å². The van der Waals surface area contributed by atoms with Crippen LogP contribution in [0.1, 0.15) is 27.1 Å². The molecule has 2 aromatic rings. The normalized spacial score (nSPS) is 13.5. The zero-order valence-electron chi connectivity index (χ0n) is 11.5. The standard InChI is InChI=1S/C14H12N4O4/c19-13-10-4-1-2-5-11(10)14(20)17(13)8-3-7-16-9-6-12(15-16)18(21)22/h1-2,4-6,9H,3,7-8H2. The lowest BCUT2D eigenvalue weighted by Gasteiger charge is -2.12. The molecule has 112 valence electrons. The van der Waals surface area contributed by atoms with Crippen LogP contribution in [0.25, 0.3) is 0 Å². The summed E-state index contributed by atoms with van der Waals surface area (Å²) in [5.74, 6) is -0.820. The van der Waals surface area contributed by atoms with E-state index in [1.54, 1.807) is 24.3 Å². The maximum absolute atomic E-state index is 12.1. The lowest BCUT2D eigenvalue weighted by atomic mass is 10.1. The Morgan fingerprint density at radius 3 is 2.23 bits per heavy atom. The van der Waals surface area contributed by atoms with Crippen molar-refractivity contribution in [3.8, 4) is 0 Å². The molecule has 0 bridgehead atoms. The Bertz CT molecular complexity index is 733. The first kappa shape index (κ1) is 13.9. The predicted molar refractivity (Wildman–Crippen MR) is 75.3 cm³/mol. The molecule has 3 rings (SSSR count). The quantitative estimate of drug-likeness (QED) is 0.473. The summed E-state index contributed by atoms with van der Waals surface area (Å²) in [6, 6.07) is 8.01. The van der Waals surface area contributed by atoms with Gasteiger partial charge in [0.05, 0.1) is 35.0 Å². The molecule has 1 aromatic carbocycles. The first-order valence-corrected chi connectivity index (χ1v) is 6.71. The van der Waals surface area contributed by atoms with E-state index in [1.807, 2.05) is 0 Å². The van der Waals surface area contributed by atoms with Crippen molar-refractivity contribution in [1.82, 2.24) is 14.7 Å². The first-order valence-electron chi connectivity index (χ1n) is 6.71. The van der Waals surface area contributed by atoms with Crippen LogP contribution >= 0.6 is 0 Å². The van der Waals surface area contributed by atoms with Gasteiger partial charge in [-0.25, -0.2) is 0 Å². The Morgan fingerprint density at radius 2 is 1.68 bits per heavy atom. The van der Waals surface area contributed by atoms with E-state index in [0.29, 0.717) is 24.1 Å². The lowest BCUT2D eigenvalue weighted by molar-refractivity contribution is -0.389. The zero-order valence-corrected chi connectivity index (χ0v) is 11.5. The number of carbonyl (C=O) groups is 2. The molecule has 0 spiro atoms. The number of fused-ring (bicyclic) bond motifs is 1. The summed E-state index contributed by atoms with van der Waals surface area (Å²) in [6.45, 7) is 0.640. The van der Waals surface area contributed by atoms with Gasteiger partial charge in [-0.15, -0.1) is 0 Å². The van der Waals surface area contributed by atoms with Crippen LogP contribution in [0, 0.1) is 10.1 Å². The largest absolute Gasteiger partial charge is 0.389 e. The molecule has 0 saturated heterocycles. The number of imide groups is 1. The van der Waals surface area contributed by atoms with Crippen molar-refractivity contribution in [3.63, 3.8) is 0 Å². The molecule has 1 aliphatic rings. The molecule has 0 unspecified atom stereocenters. The van der Waals surface area contributed by atoms with Crippen molar-refractivity contribution in [2.75, 3.05) is 6.54 Å². The van der Waals surface area contributed by atoms with Gasteiger partial charge in [0.15, 0.2) is 0 Å². The average molecular weight is 300 g/mol. The van der Waals surface area contributed by atoms with E-state index >= 15 is 0 Å². The minimum Gasteiger partial charge on any atom is -0.358 e. The van der Waals surface area contributed by atoms with Gasteiger partial charge >= 0.3 is 5.82 Å². The number of aryl methyl sites for hydroxylation is 1. The highest BCUT2D eigenvalue weighted by atomic mass is 16.6. The minimum absolute atomic E-state index is 0.222.